The summed E-state index contributed by atoms with van der Waals surface area (Å²) >= 11 is 0. The highest BCUT2D eigenvalue weighted by atomic mass is 32.2. The van der Waals surface area contributed by atoms with Gasteiger partial charge in [0.2, 0.25) is 11.8 Å². The van der Waals surface area contributed by atoms with E-state index in [1.807, 2.05) is 56.3 Å². The third-order valence-corrected chi connectivity index (χ3v) is 7.27. The molecule has 0 heterocycles. The second-order valence-corrected chi connectivity index (χ2v) is 10.6. The Kier molecular flexibility index (Phi) is 7.33. The first-order chi connectivity index (χ1) is 15.6. The summed E-state index contributed by atoms with van der Waals surface area (Å²) in [4.78, 5) is 25.5. The molecule has 0 spiro atoms. The molecular formula is C26H28N2O4S. The van der Waals surface area contributed by atoms with Gasteiger partial charge in [0.05, 0.1) is 22.5 Å². The van der Waals surface area contributed by atoms with Gasteiger partial charge in [0, 0.05) is 11.4 Å². The predicted molar refractivity (Wildman–Crippen MR) is 131 cm³/mol. The summed E-state index contributed by atoms with van der Waals surface area (Å²) < 4.78 is 23.8. The molecule has 33 heavy (non-hydrogen) atoms. The van der Waals surface area contributed by atoms with Crippen molar-refractivity contribution in [3.05, 3.63) is 90.0 Å². The summed E-state index contributed by atoms with van der Waals surface area (Å²) in [5.41, 5.74) is 2.13. The summed E-state index contributed by atoms with van der Waals surface area (Å²) in [5.74, 6) is -0.304. The van der Waals surface area contributed by atoms with Gasteiger partial charge in [-0.25, -0.2) is 8.42 Å². The van der Waals surface area contributed by atoms with Gasteiger partial charge in [-0.3, -0.25) is 9.59 Å². The Hall–Kier alpha value is -3.45. The lowest BCUT2D eigenvalue weighted by Crippen LogP contribution is -2.34. The third-order valence-electron chi connectivity index (χ3n) is 5.52. The molecule has 7 heteroatoms. The number of benzene rings is 3. The van der Waals surface area contributed by atoms with Gasteiger partial charge in [0.25, 0.3) is 0 Å². The first-order valence-electron chi connectivity index (χ1n) is 10.7. The zero-order valence-electron chi connectivity index (χ0n) is 19.0. The summed E-state index contributed by atoms with van der Waals surface area (Å²) in [7, 11) is -3.26. The average Bonchev–Trinajstić information content (AvgIpc) is 2.80. The number of para-hydroxylation sites is 1. The molecule has 172 valence electrons. The van der Waals surface area contributed by atoms with Gasteiger partial charge in [-0.15, -0.1) is 0 Å². The molecule has 0 aliphatic rings. The van der Waals surface area contributed by atoms with E-state index in [1.165, 1.54) is 12.1 Å². The Morgan fingerprint density at radius 3 is 1.94 bits per heavy atom. The lowest BCUT2D eigenvalue weighted by atomic mass is 9.83. The largest absolute Gasteiger partial charge is 0.326 e. The SMILES string of the molecule is CCS(=O)(=O)c1ccc(CC(=O)Nc2ccc(C(C)(C)C(=O)Nc3ccccc3)cc2)cc1. The molecule has 0 saturated carbocycles. The molecule has 2 amide bonds. The highest BCUT2D eigenvalue weighted by Crippen LogP contribution is 2.26. The van der Waals surface area contributed by atoms with Crippen molar-refractivity contribution in [1.82, 2.24) is 0 Å². The van der Waals surface area contributed by atoms with Crippen LogP contribution in [0.4, 0.5) is 11.4 Å². The molecule has 0 aliphatic heterocycles. The fourth-order valence-corrected chi connectivity index (χ4v) is 4.17. The van der Waals surface area contributed by atoms with Crippen LogP contribution >= 0.6 is 0 Å². The maximum atomic E-state index is 12.8. The fraction of sp³-hybridized carbons (Fsp3) is 0.231. The van der Waals surface area contributed by atoms with E-state index in [0.717, 1.165) is 16.8 Å². The molecule has 3 rings (SSSR count). The van der Waals surface area contributed by atoms with Gasteiger partial charge in [-0.05, 0) is 61.4 Å². The molecule has 0 unspecified atom stereocenters. The normalized spacial score (nSPS) is 11.6. The summed E-state index contributed by atoms with van der Waals surface area (Å²) in [6, 6.07) is 22.8. The van der Waals surface area contributed by atoms with Crippen molar-refractivity contribution in [2.24, 2.45) is 0 Å². The van der Waals surface area contributed by atoms with E-state index in [2.05, 4.69) is 10.6 Å². The quantitative estimate of drug-likeness (QED) is 0.510. The fourth-order valence-electron chi connectivity index (χ4n) is 3.28. The lowest BCUT2D eigenvalue weighted by Gasteiger charge is -2.24. The van der Waals surface area contributed by atoms with Crippen LogP contribution in [-0.2, 0) is 31.3 Å². The molecule has 3 aromatic rings. The number of rotatable bonds is 8. The predicted octanol–water partition coefficient (Wildman–Crippen LogP) is 4.58. The highest BCUT2D eigenvalue weighted by Gasteiger charge is 2.29. The highest BCUT2D eigenvalue weighted by molar-refractivity contribution is 7.91. The first kappa shape index (κ1) is 24.2. The van der Waals surface area contributed by atoms with Crippen LogP contribution in [0.25, 0.3) is 0 Å². The standard InChI is InChI=1S/C26H28N2O4S/c1-4-33(31,32)23-16-10-19(11-17-23)18-24(29)27-22-14-12-20(13-15-22)26(2,3)25(30)28-21-8-6-5-7-9-21/h5-17H,4,18H2,1-3H3,(H,27,29)(H,28,30). The molecule has 0 radical (unpaired) electrons. The smallest absolute Gasteiger partial charge is 0.234 e. The number of hydrogen-bond donors (Lipinski definition) is 2. The number of carbonyl (C=O) groups excluding carboxylic acids is 2. The number of sulfone groups is 1. The van der Waals surface area contributed by atoms with E-state index in [0.29, 0.717) is 5.69 Å². The van der Waals surface area contributed by atoms with Gasteiger partial charge in [-0.2, -0.15) is 0 Å². The minimum atomic E-state index is -3.26. The second kappa shape index (κ2) is 10.0. The van der Waals surface area contributed by atoms with Gasteiger partial charge < -0.3 is 10.6 Å². The average molecular weight is 465 g/mol. The van der Waals surface area contributed by atoms with Crippen LogP contribution in [-0.4, -0.2) is 26.0 Å². The summed E-state index contributed by atoms with van der Waals surface area (Å²) in [5, 5.41) is 5.76. The van der Waals surface area contributed by atoms with Crippen molar-refractivity contribution in [3.63, 3.8) is 0 Å². The van der Waals surface area contributed by atoms with Crippen LogP contribution in [0, 0.1) is 0 Å². The maximum absolute atomic E-state index is 12.8. The Morgan fingerprint density at radius 1 is 0.788 bits per heavy atom. The van der Waals surface area contributed by atoms with Gasteiger partial charge in [0.15, 0.2) is 9.84 Å². The molecule has 0 atom stereocenters. The van der Waals surface area contributed by atoms with E-state index in [-0.39, 0.29) is 28.9 Å². The molecule has 0 fully saturated rings. The van der Waals surface area contributed by atoms with E-state index in [4.69, 9.17) is 0 Å². The van der Waals surface area contributed by atoms with Crippen LogP contribution in [0.15, 0.2) is 83.8 Å². The Bertz CT molecular complexity index is 1220. The van der Waals surface area contributed by atoms with Crippen molar-refractivity contribution in [3.8, 4) is 0 Å². The van der Waals surface area contributed by atoms with Crippen LogP contribution in [0.5, 0.6) is 0 Å². The van der Waals surface area contributed by atoms with Crippen molar-refractivity contribution in [2.75, 3.05) is 16.4 Å². The number of hydrogen-bond acceptors (Lipinski definition) is 4. The number of anilines is 2. The Morgan fingerprint density at radius 2 is 1.36 bits per heavy atom. The van der Waals surface area contributed by atoms with Crippen LogP contribution in [0.1, 0.15) is 31.9 Å². The zero-order valence-corrected chi connectivity index (χ0v) is 19.8. The van der Waals surface area contributed by atoms with Crippen molar-refractivity contribution >= 4 is 33.0 Å². The van der Waals surface area contributed by atoms with Gasteiger partial charge in [-0.1, -0.05) is 49.4 Å². The molecule has 0 saturated heterocycles. The molecule has 0 aromatic heterocycles. The molecule has 0 bridgehead atoms. The number of carbonyl (C=O) groups is 2. The third kappa shape index (κ3) is 6.08. The Labute approximate surface area is 195 Å². The minimum absolute atomic E-state index is 0.0353. The van der Waals surface area contributed by atoms with E-state index in [1.54, 1.807) is 31.2 Å². The van der Waals surface area contributed by atoms with Crippen LogP contribution in [0.3, 0.4) is 0 Å². The van der Waals surface area contributed by atoms with Crippen LogP contribution < -0.4 is 10.6 Å². The van der Waals surface area contributed by atoms with E-state index >= 15 is 0 Å². The summed E-state index contributed by atoms with van der Waals surface area (Å²) in [6.45, 7) is 5.29. The molecule has 0 aliphatic carbocycles. The lowest BCUT2D eigenvalue weighted by molar-refractivity contribution is -0.120. The molecule has 2 N–H and O–H groups in total. The van der Waals surface area contributed by atoms with Gasteiger partial charge in [0.1, 0.15) is 0 Å². The van der Waals surface area contributed by atoms with Gasteiger partial charge >= 0.3 is 0 Å². The first-order valence-corrected chi connectivity index (χ1v) is 12.4. The van der Waals surface area contributed by atoms with Crippen molar-refractivity contribution in [2.45, 2.75) is 37.5 Å². The minimum Gasteiger partial charge on any atom is -0.326 e. The zero-order chi connectivity index (χ0) is 24.1. The molecule has 6 nitrogen and oxygen atoms in total. The summed E-state index contributed by atoms with van der Waals surface area (Å²) in [6.07, 6.45) is 0.124. The van der Waals surface area contributed by atoms with E-state index in [9.17, 15) is 18.0 Å². The number of nitrogens with one attached hydrogen (secondary N) is 2. The topological polar surface area (TPSA) is 92.3 Å². The second-order valence-electron chi connectivity index (χ2n) is 8.29. The van der Waals surface area contributed by atoms with Crippen molar-refractivity contribution < 1.29 is 18.0 Å². The Balaban J connectivity index is 1.61. The number of amides is 2. The molecular weight excluding hydrogens is 436 g/mol. The maximum Gasteiger partial charge on any atom is 0.234 e. The van der Waals surface area contributed by atoms with E-state index < -0.39 is 15.3 Å². The van der Waals surface area contributed by atoms with Crippen LogP contribution in [0.2, 0.25) is 0 Å². The van der Waals surface area contributed by atoms with Crippen molar-refractivity contribution in [1.29, 1.82) is 0 Å². The molecule has 3 aromatic carbocycles. The monoisotopic (exact) mass is 464 g/mol.